The highest BCUT2D eigenvalue weighted by Crippen LogP contribution is 2.28. The summed E-state index contributed by atoms with van der Waals surface area (Å²) in [5.74, 6) is 1.74. The zero-order valence-corrected chi connectivity index (χ0v) is 18.1. The molecule has 0 aliphatic heterocycles. The molecule has 3 aromatic rings. The number of rotatable bonds is 11. The molecule has 0 atom stereocenters. The van der Waals surface area contributed by atoms with Crippen LogP contribution in [0.2, 0.25) is 0 Å². The van der Waals surface area contributed by atoms with Crippen molar-refractivity contribution in [2.24, 2.45) is 0 Å². The van der Waals surface area contributed by atoms with Crippen LogP contribution in [0.5, 0.6) is 17.2 Å². The Morgan fingerprint density at radius 1 is 0.839 bits per heavy atom. The highest BCUT2D eigenvalue weighted by molar-refractivity contribution is 5.96. The van der Waals surface area contributed by atoms with Crippen molar-refractivity contribution in [2.45, 2.75) is 32.9 Å². The maximum atomic E-state index is 12.8. The van der Waals surface area contributed by atoms with Crippen molar-refractivity contribution in [2.75, 3.05) is 13.7 Å². The number of nitrogens with one attached hydrogen (secondary N) is 1. The fraction of sp³-hybridized carbons (Fsp3) is 0.269. The van der Waals surface area contributed by atoms with Crippen LogP contribution in [-0.2, 0) is 13.2 Å². The van der Waals surface area contributed by atoms with Gasteiger partial charge in [0.2, 0.25) is 0 Å². The van der Waals surface area contributed by atoms with Crippen LogP contribution in [0.15, 0.2) is 72.8 Å². The fourth-order valence-corrected chi connectivity index (χ4v) is 3.06. The van der Waals surface area contributed by atoms with E-state index in [9.17, 15) is 4.79 Å². The molecule has 0 aliphatic rings. The van der Waals surface area contributed by atoms with E-state index in [1.54, 1.807) is 13.2 Å². The highest BCUT2D eigenvalue weighted by atomic mass is 16.5. The quantitative estimate of drug-likeness (QED) is 0.424. The van der Waals surface area contributed by atoms with Crippen LogP contribution in [0.4, 0.5) is 0 Å². The number of carbonyl (C=O) groups is 1. The minimum Gasteiger partial charge on any atom is -0.493 e. The van der Waals surface area contributed by atoms with Crippen LogP contribution in [0.1, 0.15) is 41.3 Å². The van der Waals surface area contributed by atoms with E-state index in [2.05, 4.69) is 12.2 Å². The number of amides is 1. The molecule has 0 radical (unpaired) electrons. The molecule has 0 heterocycles. The second-order valence-corrected chi connectivity index (χ2v) is 7.14. The number of para-hydroxylation sites is 1. The van der Waals surface area contributed by atoms with E-state index in [0.717, 1.165) is 24.0 Å². The van der Waals surface area contributed by atoms with Crippen molar-refractivity contribution in [1.29, 1.82) is 0 Å². The summed E-state index contributed by atoms with van der Waals surface area (Å²) < 4.78 is 17.1. The molecule has 0 saturated heterocycles. The summed E-state index contributed by atoms with van der Waals surface area (Å²) in [5.41, 5.74) is 2.48. The molecule has 0 aliphatic carbocycles. The number of hydrogen-bond donors (Lipinski definition) is 1. The van der Waals surface area contributed by atoms with E-state index < -0.39 is 0 Å². The van der Waals surface area contributed by atoms with Crippen molar-refractivity contribution >= 4 is 5.91 Å². The summed E-state index contributed by atoms with van der Waals surface area (Å²) in [7, 11) is 1.62. The highest BCUT2D eigenvalue weighted by Gasteiger charge is 2.13. The Morgan fingerprint density at radius 3 is 2.39 bits per heavy atom. The summed E-state index contributed by atoms with van der Waals surface area (Å²) in [6.45, 7) is 3.55. The summed E-state index contributed by atoms with van der Waals surface area (Å²) in [6.07, 6.45) is 2.07. The van der Waals surface area contributed by atoms with Gasteiger partial charge in [0, 0.05) is 6.54 Å². The zero-order chi connectivity index (χ0) is 21.9. The predicted octanol–water partition coefficient (Wildman–Crippen LogP) is 5.38. The molecule has 1 amide bonds. The first-order valence-corrected chi connectivity index (χ1v) is 10.5. The van der Waals surface area contributed by atoms with Crippen LogP contribution in [0.3, 0.4) is 0 Å². The molecule has 0 bridgehead atoms. The first kappa shape index (κ1) is 22.2. The van der Waals surface area contributed by atoms with Gasteiger partial charge in [-0.15, -0.1) is 0 Å². The third kappa shape index (κ3) is 6.51. The maximum Gasteiger partial charge on any atom is 0.255 e. The second kappa shape index (κ2) is 11.6. The summed E-state index contributed by atoms with van der Waals surface area (Å²) in [5, 5.41) is 2.96. The van der Waals surface area contributed by atoms with E-state index in [1.165, 1.54) is 0 Å². The average Bonchev–Trinajstić information content (AvgIpc) is 2.82. The smallest absolute Gasteiger partial charge is 0.255 e. The monoisotopic (exact) mass is 419 g/mol. The van der Waals surface area contributed by atoms with Gasteiger partial charge in [-0.3, -0.25) is 4.79 Å². The Morgan fingerprint density at radius 2 is 1.61 bits per heavy atom. The molecule has 3 aromatic carbocycles. The molecule has 0 spiro atoms. The van der Waals surface area contributed by atoms with Gasteiger partial charge in [-0.05, 0) is 41.8 Å². The third-order valence-electron chi connectivity index (χ3n) is 4.81. The van der Waals surface area contributed by atoms with E-state index in [0.29, 0.717) is 42.6 Å². The maximum absolute atomic E-state index is 12.8. The van der Waals surface area contributed by atoms with Crippen LogP contribution in [-0.4, -0.2) is 19.6 Å². The van der Waals surface area contributed by atoms with Gasteiger partial charge in [-0.25, -0.2) is 0 Å². The first-order chi connectivity index (χ1) is 15.2. The molecule has 162 valence electrons. The lowest BCUT2D eigenvalue weighted by atomic mass is 10.1. The van der Waals surface area contributed by atoms with E-state index in [1.807, 2.05) is 66.7 Å². The first-order valence-electron chi connectivity index (χ1n) is 10.5. The molecule has 0 saturated carbocycles. The van der Waals surface area contributed by atoms with Crippen molar-refractivity contribution in [1.82, 2.24) is 5.32 Å². The molecule has 0 unspecified atom stereocenters. The van der Waals surface area contributed by atoms with Gasteiger partial charge in [0.15, 0.2) is 11.5 Å². The molecule has 5 nitrogen and oxygen atoms in total. The molecule has 3 rings (SSSR count). The van der Waals surface area contributed by atoms with Gasteiger partial charge in [-0.2, -0.15) is 0 Å². The molecule has 5 heteroatoms. The normalized spacial score (nSPS) is 10.4. The lowest BCUT2D eigenvalue weighted by Gasteiger charge is -2.14. The minimum absolute atomic E-state index is 0.189. The molecular weight excluding hydrogens is 390 g/mol. The topological polar surface area (TPSA) is 56.8 Å². The molecule has 0 fully saturated rings. The van der Waals surface area contributed by atoms with Gasteiger partial charge in [0.25, 0.3) is 5.91 Å². The molecule has 31 heavy (non-hydrogen) atoms. The van der Waals surface area contributed by atoms with E-state index in [-0.39, 0.29) is 5.91 Å². The average molecular weight is 420 g/mol. The number of unbranched alkanes of at least 4 members (excludes halogenated alkanes) is 1. The van der Waals surface area contributed by atoms with Crippen LogP contribution >= 0.6 is 0 Å². The number of methoxy groups -OCH3 is 1. The van der Waals surface area contributed by atoms with Crippen molar-refractivity contribution in [3.8, 4) is 17.2 Å². The van der Waals surface area contributed by atoms with Crippen LogP contribution < -0.4 is 19.5 Å². The summed E-state index contributed by atoms with van der Waals surface area (Å²) >= 11 is 0. The van der Waals surface area contributed by atoms with Gasteiger partial charge >= 0.3 is 0 Å². The Kier molecular flexibility index (Phi) is 8.35. The van der Waals surface area contributed by atoms with Crippen molar-refractivity contribution in [3.05, 3.63) is 89.5 Å². The van der Waals surface area contributed by atoms with Gasteiger partial charge < -0.3 is 19.5 Å². The SMILES string of the molecule is CCCCOc1ccc(CNC(=O)c2ccccc2OCc2ccccc2)cc1OC. The van der Waals surface area contributed by atoms with Gasteiger partial charge in [0.05, 0.1) is 19.3 Å². The fourth-order valence-electron chi connectivity index (χ4n) is 3.06. The van der Waals surface area contributed by atoms with Crippen molar-refractivity contribution < 1.29 is 19.0 Å². The Balaban J connectivity index is 1.62. The summed E-state index contributed by atoms with van der Waals surface area (Å²) in [4.78, 5) is 12.8. The number of hydrogen-bond acceptors (Lipinski definition) is 4. The Labute approximate surface area is 184 Å². The molecule has 0 aromatic heterocycles. The van der Waals surface area contributed by atoms with Crippen LogP contribution in [0, 0.1) is 0 Å². The molecule has 1 N–H and O–H groups in total. The Hall–Kier alpha value is -3.47. The third-order valence-corrected chi connectivity index (χ3v) is 4.81. The number of carbonyl (C=O) groups excluding carboxylic acids is 1. The van der Waals surface area contributed by atoms with E-state index >= 15 is 0 Å². The van der Waals surface area contributed by atoms with Crippen LogP contribution in [0.25, 0.3) is 0 Å². The predicted molar refractivity (Wildman–Crippen MR) is 122 cm³/mol. The lowest BCUT2D eigenvalue weighted by Crippen LogP contribution is -2.23. The van der Waals surface area contributed by atoms with Gasteiger partial charge in [-0.1, -0.05) is 61.9 Å². The largest absolute Gasteiger partial charge is 0.493 e. The minimum atomic E-state index is -0.189. The standard InChI is InChI=1S/C26H29NO4/c1-3-4-16-30-24-15-14-21(17-25(24)29-2)18-27-26(28)22-12-8-9-13-23(22)31-19-20-10-6-5-7-11-20/h5-15,17H,3-4,16,18-19H2,1-2H3,(H,27,28). The number of ether oxygens (including phenoxy) is 3. The number of benzene rings is 3. The van der Waals surface area contributed by atoms with Crippen molar-refractivity contribution in [3.63, 3.8) is 0 Å². The Bertz CT molecular complexity index is 972. The lowest BCUT2D eigenvalue weighted by molar-refractivity contribution is 0.0946. The zero-order valence-electron chi connectivity index (χ0n) is 18.1. The molecular formula is C26H29NO4. The summed E-state index contributed by atoms with van der Waals surface area (Å²) in [6, 6.07) is 22.8. The van der Waals surface area contributed by atoms with Gasteiger partial charge in [0.1, 0.15) is 12.4 Å². The van der Waals surface area contributed by atoms with E-state index in [4.69, 9.17) is 14.2 Å². The second-order valence-electron chi connectivity index (χ2n) is 7.14.